The van der Waals surface area contributed by atoms with Crippen molar-refractivity contribution >= 4 is 93.3 Å². The molecule has 0 N–H and O–H groups in total. The Hall–Kier alpha value is -7.62. The van der Waals surface area contributed by atoms with Gasteiger partial charge >= 0.3 is 0 Å². The molecule has 10 aromatic carbocycles. The van der Waals surface area contributed by atoms with Crippen molar-refractivity contribution in [1.29, 1.82) is 0 Å². The van der Waals surface area contributed by atoms with Crippen molar-refractivity contribution < 1.29 is 8.83 Å². The first-order chi connectivity index (χ1) is 28.2. The number of nitrogens with zero attached hydrogens (tertiary/aromatic N) is 1. The molecule has 0 bridgehead atoms. The number of rotatable bonds is 5. The minimum atomic E-state index is 0.854. The summed E-state index contributed by atoms with van der Waals surface area (Å²) >= 11 is 0. The summed E-state index contributed by atoms with van der Waals surface area (Å²) in [6.07, 6.45) is 0. The van der Waals surface area contributed by atoms with Gasteiger partial charge in [-0.1, -0.05) is 133 Å². The third kappa shape index (κ3) is 4.99. The minimum absolute atomic E-state index is 0.854. The van der Waals surface area contributed by atoms with Crippen LogP contribution in [-0.2, 0) is 0 Å². The van der Waals surface area contributed by atoms with E-state index in [1.807, 2.05) is 12.1 Å². The quantitative estimate of drug-likeness (QED) is 0.165. The van der Waals surface area contributed by atoms with Gasteiger partial charge in [0.05, 0.1) is 0 Å². The molecule has 2 aromatic heterocycles. The summed E-state index contributed by atoms with van der Waals surface area (Å²) in [7, 11) is 0. The van der Waals surface area contributed by atoms with E-state index in [4.69, 9.17) is 8.83 Å². The number of anilines is 3. The fourth-order valence-electron chi connectivity index (χ4n) is 9.01. The summed E-state index contributed by atoms with van der Waals surface area (Å²) in [6.45, 7) is 0. The number of fused-ring (bicyclic) bond motifs is 11. The highest BCUT2D eigenvalue weighted by Crippen LogP contribution is 2.45. The van der Waals surface area contributed by atoms with Gasteiger partial charge in [0.15, 0.2) is 0 Å². The Morgan fingerprint density at radius 2 is 0.825 bits per heavy atom. The van der Waals surface area contributed by atoms with E-state index >= 15 is 0 Å². The van der Waals surface area contributed by atoms with E-state index in [-0.39, 0.29) is 0 Å². The smallest absolute Gasteiger partial charge is 0.137 e. The van der Waals surface area contributed by atoms with E-state index in [1.54, 1.807) is 0 Å². The Balaban J connectivity index is 1.06. The second-order valence-corrected chi connectivity index (χ2v) is 14.8. The van der Waals surface area contributed by atoms with Crippen LogP contribution in [0.2, 0.25) is 0 Å². The van der Waals surface area contributed by atoms with E-state index in [0.717, 1.165) is 66.5 Å². The highest BCUT2D eigenvalue weighted by molar-refractivity contribution is 6.22. The molecule has 12 aromatic rings. The van der Waals surface area contributed by atoms with Crippen molar-refractivity contribution in [3.05, 3.63) is 200 Å². The van der Waals surface area contributed by atoms with Crippen molar-refractivity contribution in [3.63, 3.8) is 0 Å². The molecule has 0 saturated heterocycles. The second kappa shape index (κ2) is 12.5. The van der Waals surface area contributed by atoms with Gasteiger partial charge in [-0.2, -0.15) is 0 Å². The molecule has 3 nitrogen and oxygen atoms in total. The van der Waals surface area contributed by atoms with Crippen LogP contribution in [0.5, 0.6) is 0 Å². The number of hydrogen-bond acceptors (Lipinski definition) is 3. The van der Waals surface area contributed by atoms with Crippen molar-refractivity contribution in [1.82, 2.24) is 0 Å². The molecule has 266 valence electrons. The molecule has 12 rings (SSSR count). The molecule has 0 spiro atoms. The zero-order valence-corrected chi connectivity index (χ0v) is 30.8. The predicted octanol–water partition coefficient (Wildman–Crippen LogP) is 15.7. The van der Waals surface area contributed by atoms with Gasteiger partial charge in [-0.05, 0) is 115 Å². The molecule has 0 unspecified atom stereocenters. The van der Waals surface area contributed by atoms with Crippen LogP contribution >= 0.6 is 0 Å². The number of furan rings is 2. The molecule has 0 radical (unpaired) electrons. The molecule has 3 heteroatoms. The van der Waals surface area contributed by atoms with Crippen LogP contribution in [0.3, 0.4) is 0 Å². The van der Waals surface area contributed by atoms with Crippen LogP contribution in [0.1, 0.15) is 0 Å². The summed E-state index contributed by atoms with van der Waals surface area (Å²) in [4.78, 5) is 2.33. The maximum atomic E-state index is 6.66. The molecule has 0 aliphatic carbocycles. The maximum absolute atomic E-state index is 6.66. The van der Waals surface area contributed by atoms with Gasteiger partial charge in [0.1, 0.15) is 22.3 Å². The zero-order chi connectivity index (χ0) is 37.5. The molecule has 0 aliphatic rings. The van der Waals surface area contributed by atoms with Crippen LogP contribution in [0.15, 0.2) is 209 Å². The van der Waals surface area contributed by atoms with Gasteiger partial charge in [-0.3, -0.25) is 0 Å². The molecular weight excluding hydrogens is 695 g/mol. The van der Waals surface area contributed by atoms with E-state index in [0.29, 0.717) is 0 Å². The van der Waals surface area contributed by atoms with Crippen LogP contribution in [0.25, 0.3) is 98.4 Å². The zero-order valence-electron chi connectivity index (χ0n) is 30.8. The first-order valence-corrected chi connectivity index (χ1v) is 19.4. The summed E-state index contributed by atoms with van der Waals surface area (Å²) in [5, 5.41) is 11.8. The van der Waals surface area contributed by atoms with Crippen LogP contribution in [0.4, 0.5) is 17.1 Å². The normalized spacial score (nSPS) is 11.9. The van der Waals surface area contributed by atoms with Crippen LogP contribution in [0, 0.1) is 0 Å². The van der Waals surface area contributed by atoms with Gasteiger partial charge < -0.3 is 13.7 Å². The summed E-state index contributed by atoms with van der Waals surface area (Å²) in [6, 6.07) is 71.5. The fourth-order valence-corrected chi connectivity index (χ4v) is 9.01. The van der Waals surface area contributed by atoms with Crippen molar-refractivity contribution in [2.45, 2.75) is 0 Å². The monoisotopic (exact) mass is 727 g/mol. The van der Waals surface area contributed by atoms with Gasteiger partial charge in [0.2, 0.25) is 0 Å². The predicted molar refractivity (Wildman–Crippen MR) is 239 cm³/mol. The van der Waals surface area contributed by atoms with E-state index in [2.05, 4.69) is 193 Å². The Morgan fingerprint density at radius 3 is 1.65 bits per heavy atom. The molecule has 0 fully saturated rings. The lowest BCUT2D eigenvalue weighted by Gasteiger charge is -2.26. The van der Waals surface area contributed by atoms with Crippen LogP contribution in [-0.4, -0.2) is 0 Å². The first-order valence-electron chi connectivity index (χ1n) is 19.4. The average Bonchev–Trinajstić information content (AvgIpc) is 3.84. The average molecular weight is 728 g/mol. The second-order valence-electron chi connectivity index (χ2n) is 14.8. The summed E-state index contributed by atoms with van der Waals surface area (Å²) in [5.41, 5.74) is 11.3. The van der Waals surface area contributed by atoms with E-state index in [9.17, 15) is 0 Å². The largest absolute Gasteiger partial charge is 0.456 e. The van der Waals surface area contributed by atoms with Crippen molar-refractivity contribution in [2.24, 2.45) is 0 Å². The lowest BCUT2D eigenvalue weighted by atomic mass is 9.93. The molecule has 0 saturated carbocycles. The maximum Gasteiger partial charge on any atom is 0.137 e. The molecular formula is C54H33NO2. The molecule has 0 amide bonds. The summed E-state index contributed by atoms with van der Waals surface area (Å²) < 4.78 is 13.1. The lowest BCUT2D eigenvalue weighted by molar-refractivity contribution is 0.668. The van der Waals surface area contributed by atoms with Crippen LogP contribution < -0.4 is 4.90 Å². The highest BCUT2D eigenvalue weighted by Gasteiger charge is 2.20. The van der Waals surface area contributed by atoms with Gasteiger partial charge in [0.25, 0.3) is 0 Å². The molecule has 57 heavy (non-hydrogen) atoms. The van der Waals surface area contributed by atoms with Gasteiger partial charge in [-0.25, -0.2) is 0 Å². The van der Waals surface area contributed by atoms with Crippen molar-refractivity contribution in [2.75, 3.05) is 4.90 Å². The SMILES string of the molecule is c1ccc(-c2cc3oc4ccc(N(c5ccc(-c6cc7ccccc7c7ccccc67)cc5)c5ccc6c(c5)oc5ccccc56)cc4c3c3ccccc23)cc1. The molecule has 0 aliphatic heterocycles. The minimum Gasteiger partial charge on any atom is -0.456 e. The fraction of sp³-hybridized carbons (Fsp3) is 0. The van der Waals surface area contributed by atoms with Crippen molar-refractivity contribution in [3.8, 4) is 22.3 Å². The number of benzene rings is 10. The Labute approximate surface area is 328 Å². The standard InChI is InChI=1S/C54H33NO2/c1-2-12-34(13-3-1)48-33-53-54(46-20-9-8-18-43(46)48)49-31-38(27-29-51(49)57-53)55(39-26-28-45-44-19-10-11-21-50(44)56-52(45)32-39)37-24-22-35(23-25-37)47-30-36-14-4-5-15-40(36)41-16-6-7-17-42(41)47/h1-33H. The van der Waals surface area contributed by atoms with Gasteiger partial charge in [-0.15, -0.1) is 0 Å². The Morgan fingerprint density at radius 1 is 0.281 bits per heavy atom. The third-order valence-corrected chi connectivity index (χ3v) is 11.6. The topological polar surface area (TPSA) is 29.5 Å². The van der Waals surface area contributed by atoms with Gasteiger partial charge in [0, 0.05) is 44.7 Å². The molecule has 2 heterocycles. The Kier molecular flexibility index (Phi) is 6.93. The lowest BCUT2D eigenvalue weighted by Crippen LogP contribution is -2.09. The Bertz CT molecular complexity index is 3520. The third-order valence-electron chi connectivity index (χ3n) is 11.6. The number of hydrogen-bond donors (Lipinski definition) is 0. The number of para-hydroxylation sites is 1. The molecule has 0 atom stereocenters. The summed E-state index contributed by atoms with van der Waals surface area (Å²) in [5.74, 6) is 0. The highest BCUT2D eigenvalue weighted by atomic mass is 16.3. The van der Waals surface area contributed by atoms with E-state index in [1.165, 1.54) is 49.0 Å². The van der Waals surface area contributed by atoms with E-state index < -0.39 is 0 Å². The first kappa shape index (κ1) is 31.7.